The normalized spacial score (nSPS) is 23.5. The molecule has 1 radical (unpaired) electrons. The van der Waals surface area contributed by atoms with Gasteiger partial charge in [-0.3, -0.25) is 4.98 Å². The summed E-state index contributed by atoms with van der Waals surface area (Å²) in [5.41, 5.74) is 1.12. The third-order valence-corrected chi connectivity index (χ3v) is 3.52. The standard InChI is InChI=1S/C8H8NOS/c10-6-11-4-2-7-5-9-3-1-8(7)11/h1-5,11H,6H2. The third-order valence-electron chi connectivity index (χ3n) is 1.71. The molecular weight excluding hydrogens is 158 g/mol. The van der Waals surface area contributed by atoms with E-state index < -0.39 is 10.9 Å². The molecule has 11 heavy (non-hydrogen) atoms. The molecule has 0 amide bonds. The molecule has 2 nitrogen and oxygen atoms in total. The zero-order valence-electron chi connectivity index (χ0n) is 5.90. The number of hydrogen-bond donors (Lipinski definition) is 1. The Morgan fingerprint density at radius 3 is 3.27 bits per heavy atom. The van der Waals surface area contributed by atoms with Gasteiger partial charge in [0, 0.05) is 22.9 Å². The molecule has 0 fully saturated rings. The molecule has 1 aliphatic rings. The van der Waals surface area contributed by atoms with E-state index in [2.05, 4.69) is 4.98 Å². The molecule has 1 aromatic rings. The second kappa shape index (κ2) is 2.68. The smallest absolute Gasteiger partial charge is 0.117 e. The molecule has 0 aromatic carbocycles. The lowest BCUT2D eigenvalue weighted by atomic mass is 10.3. The van der Waals surface area contributed by atoms with Gasteiger partial charge in [-0.1, -0.05) is 0 Å². The molecule has 0 spiro atoms. The van der Waals surface area contributed by atoms with Crippen LogP contribution in [-0.4, -0.2) is 10.9 Å². The van der Waals surface area contributed by atoms with E-state index in [-0.39, 0.29) is 5.94 Å². The summed E-state index contributed by atoms with van der Waals surface area (Å²) in [5.74, 6) is 0.00282. The average molecular weight is 166 g/mol. The predicted octanol–water partition coefficient (Wildman–Crippen LogP) is 1.81. The van der Waals surface area contributed by atoms with Gasteiger partial charge in [0.05, 0.1) is 0 Å². The maximum atomic E-state index is 10.7. The van der Waals surface area contributed by atoms with Crippen LogP contribution in [0.4, 0.5) is 0 Å². The highest BCUT2D eigenvalue weighted by molar-refractivity contribution is 8.19. The van der Waals surface area contributed by atoms with Gasteiger partial charge in [0.2, 0.25) is 0 Å². The molecule has 57 valence electrons. The Bertz CT molecular complexity index is 298. The van der Waals surface area contributed by atoms with Crippen LogP contribution in [0.2, 0.25) is 0 Å². The number of rotatable bonds is 1. The molecule has 0 saturated heterocycles. The van der Waals surface area contributed by atoms with E-state index in [4.69, 9.17) is 0 Å². The maximum Gasteiger partial charge on any atom is 0.117 e. The first-order valence-electron chi connectivity index (χ1n) is 3.39. The monoisotopic (exact) mass is 166 g/mol. The molecular formula is C8H8NOS. The van der Waals surface area contributed by atoms with Crippen LogP contribution in [0.25, 0.3) is 6.08 Å². The molecule has 3 heteroatoms. The lowest BCUT2D eigenvalue weighted by Crippen LogP contribution is -1.83. The van der Waals surface area contributed by atoms with E-state index in [1.165, 1.54) is 4.90 Å². The number of hydrogen-bond acceptors (Lipinski definition) is 1. The van der Waals surface area contributed by atoms with Crippen LogP contribution in [0.15, 0.2) is 28.8 Å². The molecule has 0 N–H and O–H groups in total. The summed E-state index contributed by atoms with van der Waals surface area (Å²) >= 11 is 0. The van der Waals surface area contributed by atoms with Gasteiger partial charge in [0.15, 0.2) is 0 Å². The van der Waals surface area contributed by atoms with Gasteiger partial charge in [-0.05, 0) is 17.6 Å². The van der Waals surface area contributed by atoms with Crippen molar-refractivity contribution in [1.82, 2.24) is 4.98 Å². The van der Waals surface area contributed by atoms with Crippen molar-refractivity contribution in [2.75, 3.05) is 5.94 Å². The first kappa shape index (κ1) is 6.88. The van der Waals surface area contributed by atoms with Crippen molar-refractivity contribution < 1.29 is 5.11 Å². The molecule has 0 aliphatic carbocycles. The van der Waals surface area contributed by atoms with Gasteiger partial charge in [-0.2, -0.15) is 10.9 Å². The fourth-order valence-electron chi connectivity index (χ4n) is 1.15. The van der Waals surface area contributed by atoms with Crippen molar-refractivity contribution in [2.24, 2.45) is 0 Å². The van der Waals surface area contributed by atoms with Crippen molar-refractivity contribution in [1.29, 1.82) is 0 Å². The molecule has 1 aromatic heterocycles. The minimum absolute atomic E-state index is 0.00282. The van der Waals surface area contributed by atoms with Crippen molar-refractivity contribution in [3.63, 3.8) is 0 Å². The van der Waals surface area contributed by atoms with Crippen LogP contribution < -0.4 is 0 Å². The number of thiol groups is 1. The van der Waals surface area contributed by atoms with Gasteiger partial charge in [0.25, 0.3) is 0 Å². The second-order valence-electron chi connectivity index (χ2n) is 2.35. The van der Waals surface area contributed by atoms with E-state index >= 15 is 0 Å². The summed E-state index contributed by atoms with van der Waals surface area (Å²) in [5, 5.41) is 12.7. The Balaban J connectivity index is 2.46. The first-order valence-corrected chi connectivity index (χ1v) is 4.98. The zero-order chi connectivity index (χ0) is 7.68. The largest absolute Gasteiger partial charge is 0.264 e. The quantitative estimate of drug-likeness (QED) is 0.634. The fraction of sp³-hybridized carbons (Fsp3) is 0.125. The lowest BCUT2D eigenvalue weighted by molar-refractivity contribution is 0.259. The fourth-order valence-corrected chi connectivity index (χ4v) is 2.60. The second-order valence-corrected chi connectivity index (χ2v) is 4.33. The molecule has 2 rings (SSSR count). The van der Waals surface area contributed by atoms with Crippen LogP contribution in [0.3, 0.4) is 0 Å². The summed E-state index contributed by atoms with van der Waals surface area (Å²) in [6.45, 7) is 0. The summed E-state index contributed by atoms with van der Waals surface area (Å²) in [6, 6.07) is 1.94. The minimum atomic E-state index is -0.535. The summed E-state index contributed by atoms with van der Waals surface area (Å²) in [4.78, 5) is 5.17. The molecule has 1 atom stereocenters. The highest BCUT2D eigenvalue weighted by Crippen LogP contribution is 2.44. The van der Waals surface area contributed by atoms with Crippen molar-refractivity contribution >= 4 is 17.0 Å². The number of nitrogens with zero attached hydrogens (tertiary/aromatic N) is 1. The van der Waals surface area contributed by atoms with Crippen LogP contribution in [0.5, 0.6) is 0 Å². The number of aromatic nitrogens is 1. The maximum absolute atomic E-state index is 10.7. The zero-order valence-corrected chi connectivity index (χ0v) is 6.79. The van der Waals surface area contributed by atoms with Crippen molar-refractivity contribution in [2.45, 2.75) is 4.90 Å². The third kappa shape index (κ3) is 1.06. The summed E-state index contributed by atoms with van der Waals surface area (Å²) < 4.78 is 0. The van der Waals surface area contributed by atoms with Crippen LogP contribution in [0.1, 0.15) is 5.56 Å². The predicted molar refractivity (Wildman–Crippen MR) is 46.1 cm³/mol. The number of pyridine rings is 1. The van der Waals surface area contributed by atoms with E-state index in [0.717, 1.165) is 5.56 Å². The summed E-state index contributed by atoms with van der Waals surface area (Å²) in [7, 11) is -0.535. The van der Waals surface area contributed by atoms with Crippen LogP contribution in [0, 0.1) is 0 Å². The Morgan fingerprint density at radius 1 is 1.55 bits per heavy atom. The van der Waals surface area contributed by atoms with Crippen molar-refractivity contribution in [3.8, 4) is 0 Å². The van der Waals surface area contributed by atoms with Gasteiger partial charge in [0.1, 0.15) is 5.94 Å². The molecule has 0 bridgehead atoms. The highest BCUT2D eigenvalue weighted by atomic mass is 32.2. The van der Waals surface area contributed by atoms with E-state index in [1.54, 1.807) is 6.20 Å². The summed E-state index contributed by atoms with van der Waals surface area (Å²) in [6.07, 6.45) is 5.55. The first-order chi connectivity index (χ1) is 5.42. The molecule has 2 heterocycles. The molecule has 0 saturated carbocycles. The number of fused-ring (bicyclic) bond motifs is 1. The van der Waals surface area contributed by atoms with Gasteiger partial charge in [-0.25, -0.2) is 5.11 Å². The Hall–Kier alpha value is -0.800. The lowest BCUT2D eigenvalue weighted by Gasteiger charge is -2.08. The van der Waals surface area contributed by atoms with Gasteiger partial charge < -0.3 is 0 Å². The minimum Gasteiger partial charge on any atom is -0.264 e. The Labute approximate surface area is 67.9 Å². The van der Waals surface area contributed by atoms with Crippen LogP contribution >= 0.6 is 10.9 Å². The van der Waals surface area contributed by atoms with Gasteiger partial charge >= 0.3 is 0 Å². The van der Waals surface area contributed by atoms with Crippen molar-refractivity contribution in [3.05, 3.63) is 29.4 Å². The van der Waals surface area contributed by atoms with E-state index in [0.29, 0.717) is 0 Å². The topological polar surface area (TPSA) is 32.8 Å². The van der Waals surface area contributed by atoms with Crippen LogP contribution in [-0.2, 0) is 5.11 Å². The Kier molecular flexibility index (Phi) is 1.68. The van der Waals surface area contributed by atoms with Gasteiger partial charge in [-0.15, -0.1) is 0 Å². The van der Waals surface area contributed by atoms with E-state index in [9.17, 15) is 5.11 Å². The van der Waals surface area contributed by atoms with E-state index in [1.807, 2.05) is 23.7 Å². The SMILES string of the molecule is [O]C[SH]1C=Cc2cnccc21. The Morgan fingerprint density at radius 2 is 2.45 bits per heavy atom. The average Bonchev–Trinajstić information content (AvgIpc) is 2.47. The highest BCUT2D eigenvalue weighted by Gasteiger charge is 2.12. The molecule has 1 unspecified atom stereocenters. The molecule has 1 aliphatic heterocycles.